The molecule has 0 aromatic heterocycles. The smallest absolute Gasteiger partial charge is 0.417 e. The molecule has 0 radical (unpaired) electrons. The van der Waals surface area contributed by atoms with E-state index in [4.69, 9.17) is 9.47 Å². The molecule has 0 spiro atoms. The van der Waals surface area contributed by atoms with E-state index in [9.17, 15) is 26.4 Å². The minimum absolute atomic E-state index is 0.0748. The molecule has 0 heterocycles. The van der Waals surface area contributed by atoms with Crippen molar-refractivity contribution >= 4 is 95.7 Å². The fourth-order valence-electron chi connectivity index (χ4n) is 3.13. The van der Waals surface area contributed by atoms with Gasteiger partial charge in [0.15, 0.2) is 0 Å². The molecule has 18 heteroatoms. The van der Waals surface area contributed by atoms with Gasteiger partial charge in [-0.1, -0.05) is 0 Å². The summed E-state index contributed by atoms with van der Waals surface area (Å²) in [5, 5.41) is 0. The lowest BCUT2D eigenvalue weighted by molar-refractivity contribution is -0.156. The number of esters is 2. The van der Waals surface area contributed by atoms with E-state index < -0.39 is 32.0 Å². The standard InChI is InChI=1S/C24H30Br4N4O8S2/c1-29(2)11-13-31(5)41(35,36)17-9-7-15(19(25)21(17)27)39-23(33)24(34)40-16-8-10-18(22(28)20(16)26)42(37,38)32(6)14-12-30(3)4/h7-10H,11-14H2,1-6H3. The molecule has 0 aliphatic heterocycles. The number of halogens is 4. The Balaban J connectivity index is 2.22. The molecule has 0 N–H and O–H groups in total. The molecule has 42 heavy (non-hydrogen) atoms. The predicted octanol–water partition coefficient (Wildman–Crippen LogP) is 3.61. The maximum atomic E-state index is 13.0. The van der Waals surface area contributed by atoms with Crippen LogP contribution in [0.15, 0.2) is 51.9 Å². The van der Waals surface area contributed by atoms with Gasteiger partial charge in [-0.3, -0.25) is 0 Å². The summed E-state index contributed by atoms with van der Waals surface area (Å²) in [6.45, 7) is 1.50. The number of sulfonamides is 2. The average Bonchev–Trinajstić information content (AvgIpc) is 2.90. The van der Waals surface area contributed by atoms with Crippen LogP contribution in [0.3, 0.4) is 0 Å². The molecule has 0 fully saturated rings. The van der Waals surface area contributed by atoms with Gasteiger partial charge >= 0.3 is 11.9 Å². The number of rotatable bonds is 12. The maximum absolute atomic E-state index is 13.0. The van der Waals surface area contributed by atoms with E-state index in [1.807, 2.05) is 38.0 Å². The molecule has 2 aromatic carbocycles. The van der Waals surface area contributed by atoms with E-state index >= 15 is 0 Å². The topological polar surface area (TPSA) is 134 Å². The Morgan fingerprint density at radius 3 is 1.17 bits per heavy atom. The highest BCUT2D eigenvalue weighted by Crippen LogP contribution is 2.40. The third kappa shape index (κ3) is 9.04. The summed E-state index contributed by atoms with van der Waals surface area (Å²) < 4.78 is 65.2. The van der Waals surface area contributed by atoms with Crippen molar-refractivity contribution in [3.05, 3.63) is 42.2 Å². The molecule has 0 saturated carbocycles. The SMILES string of the molecule is CN(C)CCN(C)S(=O)(=O)c1ccc(OC(=O)C(=O)Oc2ccc(S(=O)(=O)N(C)CCN(C)C)c(Br)c2Br)c(Br)c1Br. The van der Waals surface area contributed by atoms with Gasteiger partial charge in [0.1, 0.15) is 11.5 Å². The molecule has 0 amide bonds. The second-order valence-corrected chi connectivity index (χ2v) is 16.6. The molecule has 0 saturated heterocycles. The minimum atomic E-state index is -3.89. The molecule has 2 aromatic rings. The molecule has 0 unspecified atom stereocenters. The van der Waals surface area contributed by atoms with E-state index in [-0.39, 0.29) is 52.3 Å². The average molecular weight is 886 g/mol. The van der Waals surface area contributed by atoms with Gasteiger partial charge in [0.05, 0.1) is 27.7 Å². The van der Waals surface area contributed by atoms with Crippen molar-refractivity contribution in [1.29, 1.82) is 0 Å². The van der Waals surface area contributed by atoms with Gasteiger partial charge in [0, 0.05) is 40.3 Å². The van der Waals surface area contributed by atoms with Crippen molar-refractivity contribution in [3.8, 4) is 11.5 Å². The van der Waals surface area contributed by atoms with Crippen molar-refractivity contribution < 1.29 is 35.9 Å². The van der Waals surface area contributed by atoms with Crippen molar-refractivity contribution in [3.63, 3.8) is 0 Å². The number of nitrogens with zero attached hydrogens (tertiary/aromatic N) is 4. The van der Waals surface area contributed by atoms with Crippen LogP contribution in [-0.2, 0) is 29.6 Å². The Morgan fingerprint density at radius 2 is 0.881 bits per heavy atom. The summed E-state index contributed by atoms with van der Waals surface area (Å²) in [7, 11) is 2.43. The summed E-state index contributed by atoms with van der Waals surface area (Å²) in [6, 6.07) is 4.94. The first-order valence-corrected chi connectivity index (χ1v) is 18.0. The summed E-state index contributed by atoms with van der Waals surface area (Å²) in [5.41, 5.74) is 0. The highest BCUT2D eigenvalue weighted by Gasteiger charge is 2.30. The molecular formula is C24H30Br4N4O8S2. The van der Waals surface area contributed by atoms with Gasteiger partial charge < -0.3 is 19.3 Å². The Morgan fingerprint density at radius 1 is 0.571 bits per heavy atom. The van der Waals surface area contributed by atoms with E-state index in [1.54, 1.807) is 0 Å². The first kappa shape index (κ1) is 37.2. The summed E-state index contributed by atoms with van der Waals surface area (Å²) >= 11 is 12.9. The summed E-state index contributed by atoms with van der Waals surface area (Å²) in [6.07, 6.45) is 0. The number of likely N-dealkylation sites (N-methyl/N-ethyl adjacent to an activating group) is 4. The highest BCUT2D eigenvalue weighted by molar-refractivity contribution is 9.13. The van der Waals surface area contributed by atoms with Crippen molar-refractivity contribution in [2.75, 3.05) is 68.5 Å². The van der Waals surface area contributed by atoms with Gasteiger partial charge in [-0.15, -0.1) is 0 Å². The van der Waals surface area contributed by atoms with E-state index in [0.717, 1.165) is 0 Å². The van der Waals surface area contributed by atoms with Crippen molar-refractivity contribution in [2.24, 2.45) is 0 Å². The normalized spacial score (nSPS) is 12.4. The third-order valence-electron chi connectivity index (χ3n) is 5.70. The van der Waals surface area contributed by atoms with Crippen LogP contribution in [0.5, 0.6) is 11.5 Å². The van der Waals surface area contributed by atoms with Crippen LogP contribution < -0.4 is 9.47 Å². The monoisotopic (exact) mass is 882 g/mol. The van der Waals surface area contributed by atoms with Crippen LogP contribution in [0.25, 0.3) is 0 Å². The van der Waals surface area contributed by atoms with Gasteiger partial charge in [0.25, 0.3) is 0 Å². The Labute approximate surface area is 279 Å². The molecule has 0 aliphatic rings. The van der Waals surface area contributed by atoms with Crippen LogP contribution in [0, 0.1) is 0 Å². The Bertz CT molecular complexity index is 1440. The molecule has 234 valence electrons. The minimum Gasteiger partial charge on any atom is -0.417 e. The Hall–Kier alpha value is -0.960. The number of carbonyl (C=O) groups excluding carboxylic acids is 2. The first-order chi connectivity index (χ1) is 19.3. The number of hydrogen-bond acceptors (Lipinski definition) is 10. The maximum Gasteiger partial charge on any atom is 0.423 e. The lowest BCUT2D eigenvalue weighted by Crippen LogP contribution is -2.33. The van der Waals surface area contributed by atoms with E-state index in [2.05, 4.69) is 63.7 Å². The largest absolute Gasteiger partial charge is 0.423 e. The first-order valence-electron chi connectivity index (χ1n) is 11.9. The highest BCUT2D eigenvalue weighted by atomic mass is 79.9. The van der Waals surface area contributed by atoms with E-state index in [0.29, 0.717) is 13.1 Å². The molecule has 2 rings (SSSR count). The van der Waals surface area contributed by atoms with Crippen LogP contribution in [0.4, 0.5) is 0 Å². The number of carbonyl (C=O) groups is 2. The third-order valence-corrected chi connectivity index (χ3v) is 14.3. The number of ether oxygens (including phenoxy) is 2. The summed E-state index contributed by atoms with van der Waals surface area (Å²) in [5.74, 6) is -3.07. The van der Waals surface area contributed by atoms with Crippen LogP contribution in [-0.4, -0.2) is 116 Å². The van der Waals surface area contributed by atoms with Crippen LogP contribution >= 0.6 is 63.7 Å². The van der Waals surface area contributed by atoms with Gasteiger partial charge in [-0.25, -0.2) is 26.4 Å². The molecule has 0 bridgehead atoms. The number of benzene rings is 2. The van der Waals surface area contributed by atoms with Crippen LogP contribution in [0.2, 0.25) is 0 Å². The second kappa shape index (κ2) is 15.4. The zero-order valence-corrected chi connectivity index (χ0v) is 31.5. The van der Waals surface area contributed by atoms with Crippen LogP contribution in [0.1, 0.15) is 0 Å². The molecule has 0 aliphatic carbocycles. The zero-order valence-electron chi connectivity index (χ0n) is 23.5. The quantitative estimate of drug-likeness (QED) is 0.177. The second-order valence-electron chi connectivity index (χ2n) is 9.42. The molecule has 0 atom stereocenters. The lowest BCUT2D eigenvalue weighted by Gasteiger charge is -2.21. The zero-order chi connectivity index (χ0) is 32.2. The van der Waals surface area contributed by atoms with Gasteiger partial charge in [0.2, 0.25) is 20.0 Å². The predicted molar refractivity (Wildman–Crippen MR) is 172 cm³/mol. The van der Waals surface area contributed by atoms with Crippen molar-refractivity contribution in [1.82, 2.24) is 18.4 Å². The number of hydrogen-bond donors (Lipinski definition) is 0. The summed E-state index contributed by atoms with van der Waals surface area (Å²) in [4.78, 5) is 28.7. The van der Waals surface area contributed by atoms with Gasteiger partial charge in [-0.2, -0.15) is 8.61 Å². The fraction of sp³-hybridized carbons (Fsp3) is 0.417. The fourth-order valence-corrected chi connectivity index (χ4v) is 8.58. The van der Waals surface area contributed by atoms with Crippen molar-refractivity contribution in [2.45, 2.75) is 9.79 Å². The van der Waals surface area contributed by atoms with Gasteiger partial charge in [-0.05, 0) is 116 Å². The lowest BCUT2D eigenvalue weighted by atomic mass is 10.3. The Kier molecular flexibility index (Phi) is 13.6. The molecule has 12 nitrogen and oxygen atoms in total. The molecular weight excluding hydrogens is 856 g/mol. The van der Waals surface area contributed by atoms with E-state index in [1.165, 1.54) is 47.0 Å².